The summed E-state index contributed by atoms with van der Waals surface area (Å²) in [6, 6.07) is 11.5. The molecule has 7 heteroatoms. The molecular formula is C28H35Cl2NO4. The number of benzene rings is 2. The van der Waals surface area contributed by atoms with E-state index in [0.717, 1.165) is 79.1 Å². The number of aryl methyl sites for hydroxylation is 2. The first-order valence-corrected chi connectivity index (χ1v) is 13.2. The summed E-state index contributed by atoms with van der Waals surface area (Å²) in [5.74, 6) is 2.58. The molecule has 3 rings (SSSR count). The maximum atomic E-state index is 12.6. The second kappa shape index (κ2) is 14.3. The van der Waals surface area contributed by atoms with E-state index in [1.165, 1.54) is 6.42 Å². The van der Waals surface area contributed by atoms with Crippen LogP contribution in [-0.2, 0) is 12.8 Å². The molecule has 0 aromatic heterocycles. The molecule has 0 unspecified atom stereocenters. The Bertz CT molecular complexity index is 956. The van der Waals surface area contributed by atoms with E-state index in [-0.39, 0.29) is 10.4 Å². The van der Waals surface area contributed by atoms with Gasteiger partial charge in [0.25, 0.3) is 5.91 Å². The molecule has 190 valence electrons. The number of carbonyl (C=O) groups is 1. The van der Waals surface area contributed by atoms with Gasteiger partial charge in [-0.15, -0.1) is 0 Å². The van der Waals surface area contributed by atoms with E-state index >= 15 is 0 Å². The average molecular weight is 520 g/mol. The van der Waals surface area contributed by atoms with Crippen molar-refractivity contribution in [2.75, 3.05) is 32.9 Å². The highest BCUT2D eigenvalue weighted by Gasteiger charge is 2.18. The van der Waals surface area contributed by atoms with Crippen molar-refractivity contribution in [2.24, 2.45) is 0 Å². The zero-order valence-electron chi connectivity index (χ0n) is 20.7. The van der Waals surface area contributed by atoms with Gasteiger partial charge in [-0.25, -0.2) is 0 Å². The number of rotatable bonds is 12. The molecule has 1 heterocycles. The monoisotopic (exact) mass is 519 g/mol. The van der Waals surface area contributed by atoms with Crippen molar-refractivity contribution in [3.63, 3.8) is 0 Å². The van der Waals surface area contributed by atoms with E-state index in [4.69, 9.17) is 37.4 Å². The average Bonchev–Trinajstić information content (AvgIpc) is 2.88. The summed E-state index contributed by atoms with van der Waals surface area (Å²) in [6.07, 6.45) is 7.43. The highest BCUT2D eigenvalue weighted by atomic mass is 35.5. The standard InChI is InChI=1S/C28H35Cl2NO4/c1-3-21-19-25(34-18-13-26(29)30)20-22(4-2)27(21)35-17-8-16-33-24-11-9-23(10-12-24)28(32)31-14-6-5-7-15-31/h9-13,19-20H,3-8,14-18H2,1-2H3. The van der Waals surface area contributed by atoms with Crippen LogP contribution in [-0.4, -0.2) is 43.7 Å². The third kappa shape index (κ3) is 8.36. The molecule has 0 aliphatic carbocycles. The topological polar surface area (TPSA) is 48.0 Å². The summed E-state index contributed by atoms with van der Waals surface area (Å²) < 4.78 is 18.0. The summed E-state index contributed by atoms with van der Waals surface area (Å²) in [4.78, 5) is 14.5. The molecule has 35 heavy (non-hydrogen) atoms. The van der Waals surface area contributed by atoms with Crippen LogP contribution in [0.4, 0.5) is 0 Å². The Morgan fingerprint density at radius 2 is 1.51 bits per heavy atom. The van der Waals surface area contributed by atoms with Crippen LogP contribution < -0.4 is 14.2 Å². The van der Waals surface area contributed by atoms with Crippen molar-refractivity contribution < 1.29 is 19.0 Å². The van der Waals surface area contributed by atoms with Crippen molar-refractivity contribution in [1.29, 1.82) is 0 Å². The molecule has 2 aromatic carbocycles. The Morgan fingerprint density at radius 3 is 2.11 bits per heavy atom. The molecule has 1 aliphatic rings. The van der Waals surface area contributed by atoms with Crippen LogP contribution in [0.2, 0.25) is 0 Å². The predicted octanol–water partition coefficient (Wildman–Crippen LogP) is 6.98. The number of hydrogen-bond donors (Lipinski definition) is 0. The second-order valence-electron chi connectivity index (χ2n) is 8.51. The van der Waals surface area contributed by atoms with Gasteiger partial charge in [-0.2, -0.15) is 0 Å². The minimum Gasteiger partial charge on any atom is -0.493 e. The number of carbonyl (C=O) groups excluding carboxylic acids is 1. The van der Waals surface area contributed by atoms with Crippen molar-refractivity contribution >= 4 is 29.1 Å². The summed E-state index contributed by atoms with van der Waals surface area (Å²) >= 11 is 11.3. The highest BCUT2D eigenvalue weighted by Crippen LogP contribution is 2.31. The predicted molar refractivity (Wildman–Crippen MR) is 142 cm³/mol. The molecule has 2 aromatic rings. The number of amides is 1. The highest BCUT2D eigenvalue weighted by molar-refractivity contribution is 6.55. The van der Waals surface area contributed by atoms with E-state index in [9.17, 15) is 4.79 Å². The van der Waals surface area contributed by atoms with E-state index in [1.807, 2.05) is 41.3 Å². The Balaban J connectivity index is 1.47. The molecule has 0 N–H and O–H groups in total. The minimum atomic E-state index is 0.110. The summed E-state index contributed by atoms with van der Waals surface area (Å²) in [5.41, 5.74) is 2.93. The van der Waals surface area contributed by atoms with Gasteiger partial charge in [0.15, 0.2) is 0 Å². The summed E-state index contributed by atoms with van der Waals surface area (Å²) in [7, 11) is 0. The maximum absolute atomic E-state index is 12.6. The van der Waals surface area contributed by atoms with Gasteiger partial charge in [0, 0.05) is 25.1 Å². The fourth-order valence-corrected chi connectivity index (χ4v) is 4.24. The van der Waals surface area contributed by atoms with Crippen LogP contribution in [0.5, 0.6) is 17.2 Å². The van der Waals surface area contributed by atoms with E-state index in [2.05, 4.69) is 13.8 Å². The summed E-state index contributed by atoms with van der Waals surface area (Å²) in [6.45, 7) is 7.32. The Labute approximate surface area is 219 Å². The summed E-state index contributed by atoms with van der Waals surface area (Å²) in [5, 5.41) is 0. The fourth-order valence-electron chi connectivity index (χ4n) is 4.11. The van der Waals surface area contributed by atoms with Crippen molar-refractivity contribution in [2.45, 2.75) is 52.4 Å². The third-order valence-corrected chi connectivity index (χ3v) is 6.32. The molecule has 1 aliphatic heterocycles. The number of likely N-dealkylation sites (tertiary alicyclic amines) is 1. The van der Waals surface area contributed by atoms with Crippen molar-refractivity contribution in [3.05, 3.63) is 63.7 Å². The van der Waals surface area contributed by atoms with Crippen molar-refractivity contribution in [3.8, 4) is 17.2 Å². The molecule has 5 nitrogen and oxygen atoms in total. The Kier molecular flexibility index (Phi) is 11.1. The maximum Gasteiger partial charge on any atom is 0.253 e. The molecule has 0 saturated carbocycles. The van der Waals surface area contributed by atoms with Crippen LogP contribution in [0, 0.1) is 0 Å². The van der Waals surface area contributed by atoms with Gasteiger partial charge in [0.2, 0.25) is 0 Å². The third-order valence-electron chi connectivity index (χ3n) is 6.01. The van der Waals surface area contributed by atoms with Gasteiger partial charge in [0.1, 0.15) is 28.3 Å². The molecule has 1 saturated heterocycles. The molecule has 0 radical (unpaired) electrons. The minimum absolute atomic E-state index is 0.110. The number of ether oxygens (including phenoxy) is 3. The lowest BCUT2D eigenvalue weighted by molar-refractivity contribution is 0.0724. The SMILES string of the molecule is CCc1cc(OCC=C(Cl)Cl)cc(CC)c1OCCCOc1ccc(C(=O)N2CCCCC2)cc1. The molecule has 0 spiro atoms. The van der Waals surface area contributed by atoms with Crippen LogP contribution in [0.15, 0.2) is 47.0 Å². The van der Waals surface area contributed by atoms with Gasteiger partial charge in [-0.1, -0.05) is 37.0 Å². The molecule has 1 fully saturated rings. The zero-order valence-corrected chi connectivity index (χ0v) is 22.2. The molecule has 1 amide bonds. The smallest absolute Gasteiger partial charge is 0.253 e. The van der Waals surface area contributed by atoms with Crippen LogP contribution in [0.3, 0.4) is 0 Å². The number of halogens is 2. The van der Waals surface area contributed by atoms with Gasteiger partial charge in [-0.05, 0) is 85.7 Å². The number of piperidine rings is 1. The Hall–Kier alpha value is -2.37. The molecule has 0 atom stereocenters. The first kappa shape index (κ1) is 27.2. The second-order valence-corrected chi connectivity index (χ2v) is 9.52. The lowest BCUT2D eigenvalue weighted by Gasteiger charge is -2.26. The lowest BCUT2D eigenvalue weighted by Crippen LogP contribution is -2.35. The first-order valence-electron chi connectivity index (χ1n) is 12.5. The number of hydrogen-bond acceptors (Lipinski definition) is 4. The molecular weight excluding hydrogens is 485 g/mol. The fraction of sp³-hybridized carbons (Fsp3) is 0.464. The quantitative estimate of drug-likeness (QED) is 0.283. The van der Waals surface area contributed by atoms with E-state index < -0.39 is 0 Å². The Morgan fingerprint density at radius 1 is 0.886 bits per heavy atom. The van der Waals surface area contributed by atoms with E-state index in [0.29, 0.717) is 19.8 Å². The van der Waals surface area contributed by atoms with Crippen molar-refractivity contribution in [1.82, 2.24) is 4.90 Å². The van der Waals surface area contributed by atoms with Gasteiger partial charge < -0.3 is 19.1 Å². The molecule has 0 bridgehead atoms. The largest absolute Gasteiger partial charge is 0.493 e. The lowest BCUT2D eigenvalue weighted by atomic mass is 10.0. The van der Waals surface area contributed by atoms with Gasteiger partial charge in [-0.3, -0.25) is 4.79 Å². The zero-order chi connectivity index (χ0) is 25.0. The van der Waals surface area contributed by atoms with E-state index in [1.54, 1.807) is 6.08 Å². The van der Waals surface area contributed by atoms with Crippen LogP contribution in [0.25, 0.3) is 0 Å². The van der Waals surface area contributed by atoms with Crippen LogP contribution >= 0.6 is 23.2 Å². The van der Waals surface area contributed by atoms with Crippen LogP contribution in [0.1, 0.15) is 61.0 Å². The van der Waals surface area contributed by atoms with Gasteiger partial charge >= 0.3 is 0 Å². The number of nitrogens with zero attached hydrogens (tertiary/aromatic N) is 1. The van der Waals surface area contributed by atoms with Gasteiger partial charge in [0.05, 0.1) is 13.2 Å². The first-order chi connectivity index (χ1) is 17.0. The normalized spacial score (nSPS) is 13.3.